The minimum Gasteiger partial charge on any atom is -0.454 e. The van der Waals surface area contributed by atoms with Crippen LogP contribution in [0.5, 0.6) is 11.5 Å². The molecule has 88 valence electrons. The summed E-state index contributed by atoms with van der Waals surface area (Å²) >= 11 is 0. The summed E-state index contributed by atoms with van der Waals surface area (Å²) in [6.07, 6.45) is 0. The van der Waals surface area contributed by atoms with E-state index in [1.165, 1.54) is 0 Å². The van der Waals surface area contributed by atoms with Gasteiger partial charge in [0.1, 0.15) is 0 Å². The number of likely N-dealkylation sites (N-methyl/N-ethyl adjacent to an activating group) is 1. The van der Waals surface area contributed by atoms with Crippen LogP contribution in [-0.4, -0.2) is 26.3 Å². The Morgan fingerprint density at radius 3 is 2.88 bits per heavy atom. The standard InChI is InChI=1S/C10H12N2O3.ClH/c1-11-5-10(13)12-7-2-3-8-9(4-7)15-6-14-8;/h2-4,11H,5-6H2,1H3,(H,12,13);1H. The smallest absolute Gasteiger partial charge is 0.238 e. The van der Waals surface area contributed by atoms with Gasteiger partial charge in [-0.3, -0.25) is 4.79 Å². The lowest BCUT2D eigenvalue weighted by atomic mass is 10.3. The lowest BCUT2D eigenvalue weighted by molar-refractivity contribution is -0.115. The quantitative estimate of drug-likeness (QED) is 0.833. The van der Waals surface area contributed by atoms with E-state index >= 15 is 0 Å². The normalized spacial score (nSPS) is 11.8. The predicted octanol–water partition coefficient (Wildman–Crippen LogP) is 0.995. The Hall–Kier alpha value is -1.46. The number of rotatable bonds is 3. The molecule has 16 heavy (non-hydrogen) atoms. The van der Waals surface area contributed by atoms with Gasteiger partial charge in [0.15, 0.2) is 11.5 Å². The van der Waals surface area contributed by atoms with E-state index in [4.69, 9.17) is 9.47 Å². The summed E-state index contributed by atoms with van der Waals surface area (Å²) in [5.41, 5.74) is 0.708. The molecule has 1 aliphatic rings. The Morgan fingerprint density at radius 2 is 2.12 bits per heavy atom. The molecule has 0 saturated carbocycles. The summed E-state index contributed by atoms with van der Waals surface area (Å²) in [7, 11) is 1.72. The van der Waals surface area contributed by atoms with E-state index in [1.807, 2.05) is 0 Å². The molecular weight excluding hydrogens is 232 g/mol. The van der Waals surface area contributed by atoms with Crippen molar-refractivity contribution in [3.8, 4) is 11.5 Å². The van der Waals surface area contributed by atoms with Crippen LogP contribution >= 0.6 is 12.4 Å². The molecule has 0 aromatic heterocycles. The maximum absolute atomic E-state index is 11.3. The molecule has 0 atom stereocenters. The van der Waals surface area contributed by atoms with Crippen molar-refractivity contribution in [1.82, 2.24) is 5.32 Å². The monoisotopic (exact) mass is 244 g/mol. The summed E-state index contributed by atoms with van der Waals surface area (Å²) in [5, 5.41) is 5.51. The molecule has 0 aliphatic carbocycles. The zero-order valence-electron chi connectivity index (χ0n) is 8.78. The van der Waals surface area contributed by atoms with Crippen molar-refractivity contribution in [3.63, 3.8) is 0 Å². The maximum atomic E-state index is 11.3. The number of fused-ring (bicyclic) bond motifs is 1. The number of anilines is 1. The van der Waals surface area contributed by atoms with Gasteiger partial charge in [-0.1, -0.05) is 0 Å². The van der Waals surface area contributed by atoms with Crippen molar-refractivity contribution in [2.45, 2.75) is 0 Å². The number of nitrogens with one attached hydrogen (secondary N) is 2. The molecule has 0 saturated heterocycles. The number of hydrogen-bond acceptors (Lipinski definition) is 4. The molecule has 0 radical (unpaired) electrons. The summed E-state index contributed by atoms with van der Waals surface area (Å²) in [4.78, 5) is 11.3. The summed E-state index contributed by atoms with van der Waals surface area (Å²) in [6.45, 7) is 0.525. The molecule has 1 aromatic carbocycles. The van der Waals surface area contributed by atoms with E-state index in [9.17, 15) is 4.79 Å². The summed E-state index contributed by atoms with van der Waals surface area (Å²) < 4.78 is 10.4. The van der Waals surface area contributed by atoms with Crippen LogP contribution in [0.1, 0.15) is 0 Å². The van der Waals surface area contributed by atoms with Gasteiger partial charge in [-0.15, -0.1) is 12.4 Å². The van der Waals surface area contributed by atoms with Crippen LogP contribution in [0.25, 0.3) is 0 Å². The van der Waals surface area contributed by atoms with Crippen LogP contribution in [0, 0.1) is 0 Å². The number of amides is 1. The molecule has 1 aliphatic heterocycles. The number of ether oxygens (including phenoxy) is 2. The second-order valence-corrected chi connectivity index (χ2v) is 3.15. The fraction of sp³-hybridized carbons (Fsp3) is 0.300. The van der Waals surface area contributed by atoms with Crippen LogP contribution in [0.15, 0.2) is 18.2 Å². The van der Waals surface area contributed by atoms with Gasteiger partial charge in [-0.25, -0.2) is 0 Å². The first-order valence-corrected chi connectivity index (χ1v) is 4.63. The molecular formula is C10H13ClN2O3. The zero-order chi connectivity index (χ0) is 10.7. The van der Waals surface area contributed by atoms with Crippen LogP contribution in [0.3, 0.4) is 0 Å². The number of benzene rings is 1. The van der Waals surface area contributed by atoms with E-state index in [2.05, 4.69) is 10.6 Å². The molecule has 5 nitrogen and oxygen atoms in total. The average Bonchev–Trinajstić information content (AvgIpc) is 2.65. The maximum Gasteiger partial charge on any atom is 0.238 e. The van der Waals surface area contributed by atoms with Crippen molar-refractivity contribution in [3.05, 3.63) is 18.2 Å². The van der Waals surface area contributed by atoms with Gasteiger partial charge < -0.3 is 20.1 Å². The Bertz CT molecular complexity index is 384. The van der Waals surface area contributed by atoms with Crippen LogP contribution in [0.2, 0.25) is 0 Å². The molecule has 0 unspecified atom stereocenters. The van der Waals surface area contributed by atoms with Crippen LogP contribution < -0.4 is 20.1 Å². The number of halogens is 1. The van der Waals surface area contributed by atoms with Gasteiger partial charge in [0.05, 0.1) is 6.54 Å². The van der Waals surface area contributed by atoms with Gasteiger partial charge in [0, 0.05) is 11.8 Å². The van der Waals surface area contributed by atoms with E-state index < -0.39 is 0 Å². The molecule has 1 amide bonds. The Morgan fingerprint density at radius 1 is 1.38 bits per heavy atom. The third kappa shape index (κ3) is 2.77. The van der Waals surface area contributed by atoms with Gasteiger partial charge in [0.25, 0.3) is 0 Å². The minimum atomic E-state index is -0.0867. The van der Waals surface area contributed by atoms with Crippen molar-refractivity contribution >= 4 is 24.0 Å². The first-order valence-electron chi connectivity index (χ1n) is 4.63. The van der Waals surface area contributed by atoms with Crippen LogP contribution in [-0.2, 0) is 4.79 Å². The minimum absolute atomic E-state index is 0. The van der Waals surface area contributed by atoms with Crippen molar-refractivity contribution in [2.75, 3.05) is 25.7 Å². The predicted molar refractivity (Wildman–Crippen MR) is 62.4 cm³/mol. The van der Waals surface area contributed by atoms with Crippen LogP contribution in [0.4, 0.5) is 5.69 Å². The second-order valence-electron chi connectivity index (χ2n) is 3.15. The molecule has 0 spiro atoms. The first kappa shape index (κ1) is 12.6. The van der Waals surface area contributed by atoms with Crippen molar-refractivity contribution < 1.29 is 14.3 Å². The molecule has 0 fully saturated rings. The number of carbonyl (C=O) groups is 1. The van der Waals surface area contributed by atoms with Gasteiger partial charge in [-0.05, 0) is 19.2 Å². The fourth-order valence-electron chi connectivity index (χ4n) is 1.34. The Balaban J connectivity index is 0.00000128. The largest absolute Gasteiger partial charge is 0.454 e. The zero-order valence-corrected chi connectivity index (χ0v) is 9.60. The molecule has 1 aromatic rings. The van der Waals surface area contributed by atoms with Gasteiger partial charge in [0.2, 0.25) is 12.7 Å². The fourth-order valence-corrected chi connectivity index (χ4v) is 1.34. The van der Waals surface area contributed by atoms with E-state index in [1.54, 1.807) is 25.2 Å². The highest BCUT2D eigenvalue weighted by Gasteiger charge is 2.13. The Labute approximate surface area is 99.5 Å². The van der Waals surface area contributed by atoms with Crippen molar-refractivity contribution in [1.29, 1.82) is 0 Å². The third-order valence-electron chi connectivity index (χ3n) is 1.99. The Kier molecular flexibility index (Phi) is 4.39. The van der Waals surface area contributed by atoms with E-state index in [-0.39, 0.29) is 31.7 Å². The molecule has 2 rings (SSSR count). The second kappa shape index (κ2) is 5.58. The molecule has 0 bridgehead atoms. The summed E-state index contributed by atoms with van der Waals surface area (Å²) in [6, 6.07) is 5.30. The molecule has 1 heterocycles. The molecule has 6 heteroatoms. The SMILES string of the molecule is CNCC(=O)Nc1ccc2c(c1)OCO2.Cl. The summed E-state index contributed by atoms with van der Waals surface area (Å²) in [5.74, 6) is 1.29. The van der Waals surface area contributed by atoms with E-state index in [0.717, 1.165) is 0 Å². The van der Waals surface area contributed by atoms with Gasteiger partial charge in [-0.2, -0.15) is 0 Å². The first-order chi connectivity index (χ1) is 7.29. The number of carbonyl (C=O) groups excluding carboxylic acids is 1. The topological polar surface area (TPSA) is 59.6 Å². The highest BCUT2D eigenvalue weighted by molar-refractivity contribution is 5.92. The lowest BCUT2D eigenvalue weighted by Gasteiger charge is -2.05. The number of hydrogen-bond donors (Lipinski definition) is 2. The highest BCUT2D eigenvalue weighted by atomic mass is 35.5. The average molecular weight is 245 g/mol. The lowest BCUT2D eigenvalue weighted by Crippen LogP contribution is -2.24. The van der Waals surface area contributed by atoms with E-state index in [0.29, 0.717) is 17.2 Å². The van der Waals surface area contributed by atoms with Crippen molar-refractivity contribution in [2.24, 2.45) is 0 Å². The molecule has 2 N–H and O–H groups in total. The third-order valence-corrected chi connectivity index (χ3v) is 1.99. The van der Waals surface area contributed by atoms with Gasteiger partial charge >= 0.3 is 0 Å². The highest BCUT2D eigenvalue weighted by Crippen LogP contribution is 2.34.